The molecule has 1 fully saturated rings. The average Bonchev–Trinajstić information content (AvgIpc) is 2.97. The van der Waals surface area contributed by atoms with Gasteiger partial charge in [0, 0.05) is 12.1 Å². The Morgan fingerprint density at radius 3 is 2.83 bits per heavy atom. The van der Waals surface area contributed by atoms with Gasteiger partial charge < -0.3 is 14.7 Å². The van der Waals surface area contributed by atoms with Crippen molar-refractivity contribution in [2.24, 2.45) is 0 Å². The number of rotatable bonds is 4. The van der Waals surface area contributed by atoms with Crippen LogP contribution in [0.25, 0.3) is 10.6 Å². The number of amides is 1. The molecular weight excluding hydrogens is 328 g/mol. The molecule has 0 saturated carbocycles. The number of ether oxygens (including phenoxy) is 1. The van der Waals surface area contributed by atoms with Crippen LogP contribution >= 0.6 is 11.3 Å². The molecular formula is C17H18N2O4S. The van der Waals surface area contributed by atoms with Crippen molar-refractivity contribution in [3.63, 3.8) is 0 Å². The van der Waals surface area contributed by atoms with Crippen molar-refractivity contribution < 1.29 is 19.4 Å². The number of thiazole rings is 1. The molecule has 0 spiro atoms. The van der Waals surface area contributed by atoms with Crippen LogP contribution in [0.2, 0.25) is 0 Å². The van der Waals surface area contributed by atoms with Crippen molar-refractivity contribution in [3.05, 3.63) is 40.9 Å². The van der Waals surface area contributed by atoms with Gasteiger partial charge in [0.1, 0.15) is 9.88 Å². The molecule has 2 aromatic rings. The van der Waals surface area contributed by atoms with Crippen molar-refractivity contribution in [1.82, 2.24) is 9.88 Å². The lowest BCUT2D eigenvalue weighted by Gasteiger charge is -2.34. The topological polar surface area (TPSA) is 79.7 Å². The minimum atomic E-state index is -0.936. The first-order valence-corrected chi connectivity index (χ1v) is 8.51. The van der Waals surface area contributed by atoms with Gasteiger partial charge >= 0.3 is 5.97 Å². The summed E-state index contributed by atoms with van der Waals surface area (Å²) in [5.41, 5.74) is 1.64. The Labute approximate surface area is 143 Å². The van der Waals surface area contributed by atoms with E-state index in [0.29, 0.717) is 23.7 Å². The minimum absolute atomic E-state index is 0.116. The van der Waals surface area contributed by atoms with E-state index in [2.05, 4.69) is 4.98 Å². The molecule has 1 aromatic heterocycles. The fourth-order valence-electron chi connectivity index (χ4n) is 2.72. The number of benzene rings is 1. The fraction of sp³-hybridized carbons (Fsp3) is 0.353. The van der Waals surface area contributed by atoms with Crippen LogP contribution in [0.3, 0.4) is 0 Å². The van der Waals surface area contributed by atoms with Gasteiger partial charge in [-0.2, -0.15) is 0 Å². The highest BCUT2D eigenvalue weighted by Crippen LogP contribution is 2.29. The second kappa shape index (κ2) is 7.11. The maximum Gasteiger partial charge on any atom is 0.305 e. The summed E-state index contributed by atoms with van der Waals surface area (Å²) in [6.07, 6.45) is -0.116. The van der Waals surface area contributed by atoms with Crippen LogP contribution in [0.15, 0.2) is 30.3 Å². The first-order chi connectivity index (χ1) is 11.6. The van der Waals surface area contributed by atoms with E-state index in [-0.39, 0.29) is 18.9 Å². The number of carbonyl (C=O) groups is 2. The van der Waals surface area contributed by atoms with Crippen LogP contribution in [0, 0.1) is 6.92 Å². The normalized spacial score (nSPS) is 17.7. The Balaban J connectivity index is 1.86. The summed E-state index contributed by atoms with van der Waals surface area (Å²) < 4.78 is 5.33. The van der Waals surface area contributed by atoms with E-state index in [9.17, 15) is 9.59 Å². The number of carboxylic acid groups (broad SMARTS) is 1. The second-order valence-electron chi connectivity index (χ2n) is 5.62. The summed E-state index contributed by atoms with van der Waals surface area (Å²) >= 11 is 1.34. The van der Waals surface area contributed by atoms with Crippen molar-refractivity contribution in [2.45, 2.75) is 19.4 Å². The molecule has 1 aliphatic heterocycles. The van der Waals surface area contributed by atoms with Gasteiger partial charge in [0.2, 0.25) is 0 Å². The smallest absolute Gasteiger partial charge is 0.305 e. The predicted octanol–water partition coefficient (Wildman–Crippen LogP) is 2.43. The third-order valence-electron chi connectivity index (χ3n) is 3.91. The molecule has 1 atom stereocenters. The fourth-order valence-corrected chi connectivity index (χ4v) is 3.75. The summed E-state index contributed by atoms with van der Waals surface area (Å²) in [4.78, 5) is 30.6. The molecule has 1 unspecified atom stereocenters. The summed E-state index contributed by atoms with van der Waals surface area (Å²) in [7, 11) is 0. The molecule has 1 amide bonds. The standard InChI is InChI=1S/C17H18N2O4S/c1-11-15(24-16(18-11)12-5-3-2-4-6-12)17(22)19-7-8-23-10-13(19)9-14(20)21/h2-6,13H,7-10H2,1H3,(H,20,21). The average molecular weight is 346 g/mol. The van der Waals surface area contributed by atoms with Gasteiger partial charge in [0.15, 0.2) is 0 Å². The van der Waals surface area contributed by atoms with Crippen molar-refractivity contribution in [2.75, 3.05) is 19.8 Å². The van der Waals surface area contributed by atoms with E-state index < -0.39 is 12.0 Å². The summed E-state index contributed by atoms with van der Waals surface area (Å²) in [5, 5.41) is 9.83. The second-order valence-corrected chi connectivity index (χ2v) is 6.62. The van der Waals surface area contributed by atoms with E-state index >= 15 is 0 Å². The van der Waals surface area contributed by atoms with Crippen LogP contribution in [-0.2, 0) is 9.53 Å². The molecule has 3 rings (SSSR count). The monoisotopic (exact) mass is 346 g/mol. The zero-order valence-corrected chi connectivity index (χ0v) is 14.1. The Kier molecular flexibility index (Phi) is 4.92. The maximum atomic E-state index is 12.9. The third-order valence-corrected chi connectivity index (χ3v) is 5.10. The molecule has 0 radical (unpaired) electrons. The SMILES string of the molecule is Cc1nc(-c2ccccc2)sc1C(=O)N1CCOCC1CC(=O)O. The number of aryl methyl sites for hydroxylation is 1. The lowest BCUT2D eigenvalue weighted by Crippen LogP contribution is -2.49. The number of nitrogens with zero attached hydrogens (tertiary/aromatic N) is 2. The summed E-state index contributed by atoms with van der Waals surface area (Å²) in [6.45, 7) is 2.88. The van der Waals surface area contributed by atoms with E-state index in [1.165, 1.54) is 11.3 Å². The molecule has 1 saturated heterocycles. The molecule has 24 heavy (non-hydrogen) atoms. The minimum Gasteiger partial charge on any atom is -0.481 e. The van der Waals surface area contributed by atoms with Gasteiger partial charge in [0.25, 0.3) is 5.91 Å². The van der Waals surface area contributed by atoms with Crippen molar-refractivity contribution in [3.8, 4) is 10.6 Å². The molecule has 1 aliphatic rings. The van der Waals surface area contributed by atoms with Crippen LogP contribution in [0.5, 0.6) is 0 Å². The van der Waals surface area contributed by atoms with E-state index in [0.717, 1.165) is 10.6 Å². The predicted molar refractivity (Wildman–Crippen MR) is 90.2 cm³/mol. The van der Waals surface area contributed by atoms with Gasteiger partial charge in [-0.25, -0.2) is 4.98 Å². The largest absolute Gasteiger partial charge is 0.481 e. The van der Waals surface area contributed by atoms with Gasteiger partial charge in [-0.05, 0) is 6.92 Å². The molecule has 126 valence electrons. The van der Waals surface area contributed by atoms with Gasteiger partial charge in [-0.3, -0.25) is 9.59 Å². The van der Waals surface area contributed by atoms with Crippen molar-refractivity contribution in [1.29, 1.82) is 0 Å². The number of aliphatic carboxylic acids is 1. The van der Waals surface area contributed by atoms with Gasteiger partial charge in [-0.15, -0.1) is 11.3 Å². The third kappa shape index (κ3) is 3.47. The number of morpholine rings is 1. The molecule has 0 aliphatic carbocycles. The van der Waals surface area contributed by atoms with Crippen molar-refractivity contribution >= 4 is 23.2 Å². The van der Waals surface area contributed by atoms with E-state index in [1.54, 1.807) is 4.90 Å². The molecule has 6 nitrogen and oxygen atoms in total. The molecule has 1 aromatic carbocycles. The zero-order valence-electron chi connectivity index (χ0n) is 13.3. The highest BCUT2D eigenvalue weighted by molar-refractivity contribution is 7.17. The van der Waals surface area contributed by atoms with Crippen LogP contribution in [-0.4, -0.2) is 52.7 Å². The quantitative estimate of drug-likeness (QED) is 0.920. The Morgan fingerprint density at radius 2 is 2.12 bits per heavy atom. The Bertz CT molecular complexity index is 744. The molecule has 7 heteroatoms. The van der Waals surface area contributed by atoms with E-state index in [4.69, 9.17) is 9.84 Å². The Morgan fingerprint density at radius 1 is 1.38 bits per heavy atom. The maximum absolute atomic E-state index is 12.9. The van der Waals surface area contributed by atoms with E-state index in [1.807, 2.05) is 37.3 Å². The van der Waals surface area contributed by atoms with Gasteiger partial charge in [-0.1, -0.05) is 30.3 Å². The zero-order chi connectivity index (χ0) is 17.1. The first kappa shape index (κ1) is 16.6. The number of carbonyl (C=O) groups excluding carboxylic acids is 1. The number of hydrogen-bond donors (Lipinski definition) is 1. The Hall–Kier alpha value is -2.25. The first-order valence-electron chi connectivity index (χ1n) is 7.69. The van der Waals surface area contributed by atoms with Gasteiger partial charge in [0.05, 0.1) is 31.4 Å². The summed E-state index contributed by atoms with van der Waals surface area (Å²) in [6, 6.07) is 9.26. The highest BCUT2D eigenvalue weighted by atomic mass is 32.1. The number of aromatic nitrogens is 1. The summed E-state index contributed by atoms with van der Waals surface area (Å²) in [5.74, 6) is -1.10. The lowest BCUT2D eigenvalue weighted by molar-refractivity contribution is -0.139. The molecule has 2 heterocycles. The van der Waals surface area contributed by atoms with Crippen LogP contribution in [0.4, 0.5) is 0 Å². The number of carboxylic acids is 1. The number of hydrogen-bond acceptors (Lipinski definition) is 5. The molecule has 0 bridgehead atoms. The highest BCUT2D eigenvalue weighted by Gasteiger charge is 2.31. The molecule has 1 N–H and O–H groups in total. The lowest BCUT2D eigenvalue weighted by atomic mass is 10.1. The van der Waals surface area contributed by atoms with Crippen LogP contribution < -0.4 is 0 Å². The van der Waals surface area contributed by atoms with Crippen LogP contribution in [0.1, 0.15) is 21.8 Å².